The van der Waals surface area contributed by atoms with Gasteiger partial charge in [0.05, 0.1) is 18.6 Å². The first-order valence-corrected chi connectivity index (χ1v) is 5.30. The molecule has 0 spiro atoms. The van der Waals surface area contributed by atoms with E-state index < -0.39 is 24.6 Å². The second-order valence-corrected chi connectivity index (χ2v) is 5.19. The Bertz CT molecular complexity index is 195. The normalized spacial score (nSPS) is 16.1. The Morgan fingerprint density at radius 2 is 1.73 bits per heavy atom. The fourth-order valence-corrected chi connectivity index (χ4v) is 1.35. The maximum absolute atomic E-state index is 10.3. The number of hydrogen-bond donors (Lipinski definition) is 3. The molecule has 90 valence electrons. The van der Waals surface area contributed by atoms with Crippen molar-refractivity contribution in [2.24, 2.45) is 5.41 Å². The van der Waals surface area contributed by atoms with Crippen LogP contribution < -0.4 is 0 Å². The van der Waals surface area contributed by atoms with Crippen molar-refractivity contribution in [1.29, 1.82) is 0 Å². The summed E-state index contributed by atoms with van der Waals surface area (Å²) in [6.45, 7) is 6.31. The molecule has 0 aliphatic carbocycles. The number of rotatable bonds is 6. The van der Waals surface area contributed by atoms with Crippen molar-refractivity contribution >= 4 is 5.97 Å². The molecule has 0 radical (unpaired) electrons. The molecule has 0 aliphatic heterocycles. The lowest BCUT2D eigenvalue weighted by Crippen LogP contribution is -2.28. The first-order valence-electron chi connectivity index (χ1n) is 5.30. The van der Waals surface area contributed by atoms with E-state index in [1.807, 2.05) is 0 Å². The Labute approximate surface area is 90.9 Å². The lowest BCUT2D eigenvalue weighted by atomic mass is 9.88. The van der Waals surface area contributed by atoms with Crippen molar-refractivity contribution in [3.63, 3.8) is 0 Å². The van der Waals surface area contributed by atoms with Gasteiger partial charge in [-0.15, -0.1) is 0 Å². The van der Waals surface area contributed by atoms with Gasteiger partial charge in [0.1, 0.15) is 0 Å². The Balaban J connectivity index is 3.73. The van der Waals surface area contributed by atoms with E-state index in [2.05, 4.69) is 20.8 Å². The fourth-order valence-electron chi connectivity index (χ4n) is 1.35. The molecule has 0 aliphatic rings. The van der Waals surface area contributed by atoms with E-state index >= 15 is 0 Å². The zero-order valence-corrected chi connectivity index (χ0v) is 9.73. The number of carboxylic acids is 1. The Kier molecular flexibility index (Phi) is 5.83. The molecule has 0 heterocycles. The molecule has 4 heteroatoms. The van der Waals surface area contributed by atoms with Crippen LogP contribution in [0.1, 0.15) is 46.5 Å². The van der Waals surface area contributed by atoms with Crippen LogP contribution in [0.2, 0.25) is 0 Å². The molecule has 15 heavy (non-hydrogen) atoms. The smallest absolute Gasteiger partial charge is 0.306 e. The largest absolute Gasteiger partial charge is 0.481 e. The first-order chi connectivity index (χ1) is 6.72. The Morgan fingerprint density at radius 1 is 1.20 bits per heavy atom. The van der Waals surface area contributed by atoms with Crippen molar-refractivity contribution in [2.75, 3.05) is 0 Å². The molecule has 0 fully saturated rings. The predicted octanol–water partition coefficient (Wildman–Crippen LogP) is 1.40. The minimum Gasteiger partial charge on any atom is -0.481 e. The van der Waals surface area contributed by atoms with Crippen LogP contribution in [-0.4, -0.2) is 33.5 Å². The molecule has 0 aromatic rings. The summed E-state index contributed by atoms with van der Waals surface area (Å²) >= 11 is 0. The SMILES string of the molecule is CC(C)(C)CCCC(O)C(O)CC(=O)O. The highest BCUT2D eigenvalue weighted by molar-refractivity contribution is 5.67. The summed E-state index contributed by atoms with van der Waals surface area (Å²) in [5.74, 6) is -1.09. The van der Waals surface area contributed by atoms with Crippen LogP contribution in [0.4, 0.5) is 0 Å². The fraction of sp³-hybridized carbons (Fsp3) is 0.909. The zero-order valence-electron chi connectivity index (χ0n) is 9.73. The van der Waals surface area contributed by atoms with Gasteiger partial charge >= 0.3 is 5.97 Å². The number of aliphatic carboxylic acids is 1. The lowest BCUT2D eigenvalue weighted by molar-refractivity contribution is -0.141. The Hall–Kier alpha value is -0.610. The van der Waals surface area contributed by atoms with Gasteiger partial charge in [0.25, 0.3) is 0 Å². The van der Waals surface area contributed by atoms with Gasteiger partial charge in [-0.1, -0.05) is 27.2 Å². The highest BCUT2D eigenvalue weighted by atomic mass is 16.4. The molecule has 3 N–H and O–H groups in total. The molecule has 0 rings (SSSR count). The average molecular weight is 218 g/mol. The first kappa shape index (κ1) is 14.4. The maximum atomic E-state index is 10.3. The Morgan fingerprint density at radius 3 is 2.13 bits per heavy atom. The molecular formula is C11H22O4. The molecule has 2 atom stereocenters. The molecule has 0 bridgehead atoms. The molecule has 0 aromatic heterocycles. The van der Waals surface area contributed by atoms with E-state index in [-0.39, 0.29) is 5.41 Å². The van der Waals surface area contributed by atoms with Crippen LogP contribution in [-0.2, 0) is 4.79 Å². The molecule has 4 nitrogen and oxygen atoms in total. The molecule has 0 saturated heterocycles. The van der Waals surface area contributed by atoms with Gasteiger partial charge in [-0.25, -0.2) is 0 Å². The van der Waals surface area contributed by atoms with Gasteiger partial charge in [-0.3, -0.25) is 4.79 Å². The van der Waals surface area contributed by atoms with Crippen LogP contribution in [0.15, 0.2) is 0 Å². The molecule has 0 amide bonds. The minimum absolute atomic E-state index is 0.206. The van der Waals surface area contributed by atoms with Gasteiger partial charge in [-0.2, -0.15) is 0 Å². The number of aliphatic hydroxyl groups excluding tert-OH is 2. The van der Waals surface area contributed by atoms with Gasteiger partial charge in [0.15, 0.2) is 0 Å². The van der Waals surface area contributed by atoms with E-state index in [4.69, 9.17) is 5.11 Å². The highest BCUT2D eigenvalue weighted by Gasteiger charge is 2.20. The predicted molar refractivity (Wildman–Crippen MR) is 57.6 cm³/mol. The van der Waals surface area contributed by atoms with E-state index in [0.29, 0.717) is 6.42 Å². The van der Waals surface area contributed by atoms with Crippen LogP contribution in [0.3, 0.4) is 0 Å². The van der Waals surface area contributed by atoms with E-state index in [9.17, 15) is 15.0 Å². The third kappa shape index (κ3) is 8.39. The van der Waals surface area contributed by atoms with Gasteiger partial charge in [-0.05, 0) is 18.3 Å². The number of aliphatic hydroxyl groups is 2. The van der Waals surface area contributed by atoms with Crippen LogP contribution in [0.5, 0.6) is 0 Å². The molecule has 0 saturated carbocycles. The summed E-state index contributed by atoms with van der Waals surface area (Å²) < 4.78 is 0. The quantitative estimate of drug-likeness (QED) is 0.629. The molecule has 0 aromatic carbocycles. The number of hydrogen-bond acceptors (Lipinski definition) is 3. The zero-order chi connectivity index (χ0) is 12.1. The topological polar surface area (TPSA) is 77.8 Å². The van der Waals surface area contributed by atoms with Crippen molar-refractivity contribution in [3.05, 3.63) is 0 Å². The standard InChI is InChI=1S/C11H22O4/c1-11(2,3)6-4-5-8(12)9(13)7-10(14)15/h8-9,12-13H,4-7H2,1-3H3,(H,14,15). The monoisotopic (exact) mass is 218 g/mol. The lowest BCUT2D eigenvalue weighted by Gasteiger charge is -2.20. The van der Waals surface area contributed by atoms with E-state index in [1.54, 1.807) is 0 Å². The summed E-state index contributed by atoms with van der Waals surface area (Å²) in [6, 6.07) is 0. The van der Waals surface area contributed by atoms with Crippen molar-refractivity contribution in [3.8, 4) is 0 Å². The second-order valence-electron chi connectivity index (χ2n) is 5.19. The average Bonchev–Trinajstić information content (AvgIpc) is 2.00. The summed E-state index contributed by atoms with van der Waals surface area (Å²) in [7, 11) is 0. The maximum Gasteiger partial charge on any atom is 0.306 e. The van der Waals surface area contributed by atoms with Gasteiger partial charge < -0.3 is 15.3 Å². The van der Waals surface area contributed by atoms with Crippen LogP contribution in [0.25, 0.3) is 0 Å². The third-order valence-corrected chi connectivity index (χ3v) is 2.25. The summed E-state index contributed by atoms with van der Waals surface area (Å²) in [4.78, 5) is 10.3. The number of carboxylic acid groups (broad SMARTS) is 1. The van der Waals surface area contributed by atoms with Crippen LogP contribution in [0, 0.1) is 5.41 Å². The van der Waals surface area contributed by atoms with E-state index in [0.717, 1.165) is 12.8 Å². The summed E-state index contributed by atoms with van der Waals surface area (Å²) in [5.41, 5.74) is 0.206. The van der Waals surface area contributed by atoms with Gasteiger partial charge in [0.2, 0.25) is 0 Å². The number of carbonyl (C=O) groups is 1. The minimum atomic E-state index is -1.15. The third-order valence-electron chi connectivity index (χ3n) is 2.25. The summed E-state index contributed by atoms with van der Waals surface area (Å²) in [6.07, 6.45) is -0.279. The van der Waals surface area contributed by atoms with Crippen molar-refractivity contribution < 1.29 is 20.1 Å². The van der Waals surface area contributed by atoms with Gasteiger partial charge in [0, 0.05) is 0 Å². The summed E-state index contributed by atoms with van der Waals surface area (Å²) in [5, 5.41) is 27.2. The van der Waals surface area contributed by atoms with Crippen molar-refractivity contribution in [1.82, 2.24) is 0 Å². The van der Waals surface area contributed by atoms with Crippen LogP contribution >= 0.6 is 0 Å². The second kappa shape index (κ2) is 6.08. The highest BCUT2D eigenvalue weighted by Crippen LogP contribution is 2.22. The van der Waals surface area contributed by atoms with Crippen molar-refractivity contribution in [2.45, 2.75) is 58.7 Å². The molecule has 2 unspecified atom stereocenters. The van der Waals surface area contributed by atoms with E-state index in [1.165, 1.54) is 0 Å². The molecular weight excluding hydrogens is 196 g/mol.